The van der Waals surface area contributed by atoms with Crippen molar-refractivity contribution >= 4 is 29.6 Å². The second-order valence-electron chi connectivity index (χ2n) is 9.64. The molecule has 0 bridgehead atoms. The Morgan fingerprint density at radius 1 is 0.732 bits per heavy atom. The summed E-state index contributed by atoms with van der Waals surface area (Å²) in [4.78, 5) is 62.6. The number of phenols is 1. The smallest absolute Gasteiger partial charge is 0.326 e. The second-order valence-corrected chi connectivity index (χ2v) is 9.64. The quantitative estimate of drug-likeness (QED) is 0.109. The van der Waals surface area contributed by atoms with Crippen LogP contribution in [-0.2, 0) is 36.8 Å². The van der Waals surface area contributed by atoms with Gasteiger partial charge in [-0.2, -0.15) is 0 Å². The molecule has 222 valence electrons. The van der Waals surface area contributed by atoms with Gasteiger partial charge in [0.2, 0.25) is 23.6 Å². The molecule has 13 nitrogen and oxygen atoms in total. The fourth-order valence-corrected chi connectivity index (χ4v) is 4.02. The molecule has 0 aliphatic rings. The van der Waals surface area contributed by atoms with Gasteiger partial charge in [0.15, 0.2) is 0 Å². The molecule has 0 saturated carbocycles. The third-order valence-corrected chi connectivity index (χ3v) is 6.24. The average molecular weight is 571 g/mol. The van der Waals surface area contributed by atoms with E-state index < -0.39 is 60.2 Å². The van der Waals surface area contributed by atoms with Crippen molar-refractivity contribution in [2.75, 3.05) is 6.54 Å². The molecule has 0 saturated heterocycles. The highest BCUT2D eigenvalue weighted by Gasteiger charge is 2.31. The van der Waals surface area contributed by atoms with E-state index in [1.165, 1.54) is 12.1 Å². The summed E-state index contributed by atoms with van der Waals surface area (Å²) in [6.07, 6.45) is 0.651. The molecule has 2 rings (SSSR count). The molecule has 4 unspecified atom stereocenters. The number of hydrogen-bond acceptors (Lipinski definition) is 8. The summed E-state index contributed by atoms with van der Waals surface area (Å²) in [6.45, 7) is 0.355. The Hall–Kier alpha value is -4.49. The van der Waals surface area contributed by atoms with E-state index >= 15 is 0 Å². The summed E-state index contributed by atoms with van der Waals surface area (Å²) in [5.41, 5.74) is 18.2. The third-order valence-electron chi connectivity index (χ3n) is 6.24. The number of nitrogens with one attached hydrogen (secondary N) is 3. The Morgan fingerprint density at radius 2 is 1.29 bits per heavy atom. The Labute approximate surface area is 237 Å². The van der Waals surface area contributed by atoms with Crippen LogP contribution in [0, 0.1) is 0 Å². The molecule has 11 N–H and O–H groups in total. The molecular formula is C28H38N6O7. The van der Waals surface area contributed by atoms with Gasteiger partial charge in [-0.3, -0.25) is 19.2 Å². The van der Waals surface area contributed by atoms with Crippen molar-refractivity contribution < 1.29 is 34.2 Å². The van der Waals surface area contributed by atoms with Gasteiger partial charge in [-0.05, 0) is 55.5 Å². The molecule has 0 fully saturated rings. The lowest BCUT2D eigenvalue weighted by atomic mass is 10.0. The summed E-state index contributed by atoms with van der Waals surface area (Å²) in [5, 5.41) is 26.3. The van der Waals surface area contributed by atoms with Crippen LogP contribution < -0.4 is 33.2 Å². The first-order valence-electron chi connectivity index (χ1n) is 13.2. The monoisotopic (exact) mass is 570 g/mol. The number of carbonyl (C=O) groups excluding carboxylic acids is 4. The minimum Gasteiger partial charge on any atom is -0.508 e. The standard InChI is InChI=1S/C28H38N6O7/c29-13-5-4-8-21(28(40)41)32-27(39)23(16-24(31)36)34-26(38)22(15-17-6-2-1-3-7-17)33-25(37)20(30)14-18-9-11-19(35)12-10-18/h1-3,6-7,9-12,20-23,35H,4-5,8,13-16,29-30H2,(H2,31,36)(H,32,39)(H,33,37)(H,34,38)(H,40,41). The number of carbonyl (C=O) groups is 5. The number of carboxylic acids is 1. The lowest BCUT2D eigenvalue weighted by Crippen LogP contribution is -2.58. The highest BCUT2D eigenvalue weighted by atomic mass is 16.4. The normalized spacial score (nSPS) is 13.7. The van der Waals surface area contributed by atoms with E-state index in [2.05, 4.69) is 16.0 Å². The van der Waals surface area contributed by atoms with Crippen LogP contribution in [0.1, 0.15) is 36.8 Å². The van der Waals surface area contributed by atoms with E-state index in [4.69, 9.17) is 17.2 Å². The third kappa shape index (κ3) is 11.6. The molecule has 4 atom stereocenters. The number of hydrogen-bond donors (Lipinski definition) is 8. The van der Waals surface area contributed by atoms with Crippen LogP contribution in [-0.4, -0.2) is 70.5 Å². The highest BCUT2D eigenvalue weighted by molar-refractivity contribution is 5.96. The Balaban J connectivity index is 2.19. The zero-order valence-corrected chi connectivity index (χ0v) is 22.6. The number of amides is 4. The zero-order chi connectivity index (χ0) is 30.4. The van der Waals surface area contributed by atoms with Crippen molar-refractivity contribution in [3.8, 4) is 5.75 Å². The Morgan fingerprint density at radius 3 is 1.88 bits per heavy atom. The fraction of sp³-hybridized carbons (Fsp3) is 0.393. The topological polar surface area (TPSA) is 240 Å². The number of rotatable bonds is 17. The number of unbranched alkanes of at least 4 members (excludes halogenated alkanes) is 1. The molecule has 0 radical (unpaired) electrons. The first-order chi connectivity index (χ1) is 19.5. The fourth-order valence-electron chi connectivity index (χ4n) is 4.02. The molecule has 0 aliphatic carbocycles. The van der Waals surface area contributed by atoms with Crippen LogP contribution in [0.3, 0.4) is 0 Å². The van der Waals surface area contributed by atoms with Gasteiger partial charge in [0.1, 0.15) is 23.9 Å². The molecule has 13 heteroatoms. The second kappa shape index (κ2) is 16.6. The molecule has 41 heavy (non-hydrogen) atoms. The highest BCUT2D eigenvalue weighted by Crippen LogP contribution is 2.12. The molecule has 0 aromatic heterocycles. The Kier molecular flexibility index (Phi) is 13.2. The number of carboxylic acid groups (broad SMARTS) is 1. The number of aliphatic carboxylic acids is 1. The molecule has 0 spiro atoms. The predicted molar refractivity (Wildman–Crippen MR) is 150 cm³/mol. The van der Waals surface area contributed by atoms with Crippen molar-refractivity contribution in [2.45, 2.75) is 62.7 Å². The SMILES string of the molecule is NCCCCC(NC(=O)C(CC(N)=O)NC(=O)C(Cc1ccccc1)NC(=O)C(N)Cc1ccc(O)cc1)C(=O)O. The molecule has 0 heterocycles. The van der Waals surface area contributed by atoms with Gasteiger partial charge in [0.05, 0.1) is 12.5 Å². The molecular weight excluding hydrogens is 532 g/mol. The van der Waals surface area contributed by atoms with Crippen LogP contribution >= 0.6 is 0 Å². The number of nitrogens with two attached hydrogens (primary N) is 3. The largest absolute Gasteiger partial charge is 0.508 e. The molecule has 0 aliphatic heterocycles. The lowest BCUT2D eigenvalue weighted by Gasteiger charge is -2.25. The van der Waals surface area contributed by atoms with E-state index in [0.29, 0.717) is 30.5 Å². The summed E-state index contributed by atoms with van der Waals surface area (Å²) in [5.74, 6) is -4.47. The van der Waals surface area contributed by atoms with E-state index in [-0.39, 0.29) is 25.0 Å². The average Bonchev–Trinajstić information content (AvgIpc) is 2.93. The van der Waals surface area contributed by atoms with Gasteiger partial charge in [0.25, 0.3) is 0 Å². The van der Waals surface area contributed by atoms with Crippen molar-refractivity contribution in [3.63, 3.8) is 0 Å². The predicted octanol–water partition coefficient (Wildman–Crippen LogP) is -0.952. The number of aromatic hydroxyl groups is 1. The van der Waals surface area contributed by atoms with Gasteiger partial charge in [-0.15, -0.1) is 0 Å². The van der Waals surface area contributed by atoms with Crippen molar-refractivity contribution in [3.05, 3.63) is 65.7 Å². The number of phenolic OH excluding ortho intramolecular Hbond substituents is 1. The van der Waals surface area contributed by atoms with E-state index in [1.54, 1.807) is 42.5 Å². The van der Waals surface area contributed by atoms with Crippen LogP contribution in [0.15, 0.2) is 54.6 Å². The van der Waals surface area contributed by atoms with Crippen molar-refractivity contribution in [1.82, 2.24) is 16.0 Å². The first-order valence-corrected chi connectivity index (χ1v) is 13.2. The molecule has 4 amide bonds. The summed E-state index contributed by atoms with van der Waals surface area (Å²) < 4.78 is 0. The summed E-state index contributed by atoms with van der Waals surface area (Å²) in [6, 6.07) is 9.94. The summed E-state index contributed by atoms with van der Waals surface area (Å²) in [7, 11) is 0. The van der Waals surface area contributed by atoms with E-state index in [9.17, 15) is 34.2 Å². The maximum atomic E-state index is 13.4. The van der Waals surface area contributed by atoms with Crippen LogP contribution in [0.4, 0.5) is 0 Å². The van der Waals surface area contributed by atoms with Gasteiger partial charge in [-0.1, -0.05) is 42.5 Å². The lowest BCUT2D eigenvalue weighted by molar-refractivity contribution is -0.142. The van der Waals surface area contributed by atoms with Crippen molar-refractivity contribution in [1.29, 1.82) is 0 Å². The van der Waals surface area contributed by atoms with Crippen molar-refractivity contribution in [2.24, 2.45) is 17.2 Å². The number of benzene rings is 2. The van der Waals surface area contributed by atoms with Gasteiger partial charge in [-0.25, -0.2) is 4.79 Å². The molecule has 2 aromatic rings. The maximum Gasteiger partial charge on any atom is 0.326 e. The van der Waals surface area contributed by atoms with Gasteiger partial charge in [0, 0.05) is 6.42 Å². The van der Waals surface area contributed by atoms with Crippen LogP contribution in [0.25, 0.3) is 0 Å². The maximum absolute atomic E-state index is 13.4. The van der Waals surface area contributed by atoms with Crippen LogP contribution in [0.5, 0.6) is 5.75 Å². The minimum atomic E-state index is -1.49. The molecule has 2 aromatic carbocycles. The van der Waals surface area contributed by atoms with E-state index in [0.717, 1.165) is 0 Å². The first kappa shape index (κ1) is 32.7. The van der Waals surface area contributed by atoms with E-state index in [1.807, 2.05) is 0 Å². The number of primary amides is 1. The van der Waals surface area contributed by atoms with Gasteiger partial charge < -0.3 is 43.4 Å². The van der Waals surface area contributed by atoms with Crippen LogP contribution in [0.2, 0.25) is 0 Å². The summed E-state index contributed by atoms with van der Waals surface area (Å²) >= 11 is 0. The zero-order valence-electron chi connectivity index (χ0n) is 22.6. The van der Waals surface area contributed by atoms with Gasteiger partial charge >= 0.3 is 5.97 Å². The Bertz CT molecular complexity index is 1180. The minimum absolute atomic E-state index is 0.0338.